The molecule has 0 saturated heterocycles. The van der Waals surface area contributed by atoms with Crippen molar-refractivity contribution in [2.45, 2.75) is 75.8 Å². The average Bonchev–Trinajstić information content (AvgIpc) is 3.18. The van der Waals surface area contributed by atoms with E-state index < -0.39 is 0 Å². The highest BCUT2D eigenvalue weighted by molar-refractivity contribution is 5.80. The highest BCUT2D eigenvalue weighted by Crippen LogP contribution is 2.52. The fourth-order valence-corrected chi connectivity index (χ4v) is 6.06. The highest BCUT2D eigenvalue weighted by Gasteiger charge is 2.47. The van der Waals surface area contributed by atoms with E-state index in [2.05, 4.69) is 24.0 Å². The third-order valence-electron chi connectivity index (χ3n) is 7.58. The summed E-state index contributed by atoms with van der Waals surface area (Å²) >= 11 is 0. The van der Waals surface area contributed by atoms with Crippen LogP contribution >= 0.6 is 0 Å². The molecule has 0 aromatic heterocycles. The van der Waals surface area contributed by atoms with Gasteiger partial charge in [-0.1, -0.05) is 19.3 Å². The molecule has 0 bridgehead atoms. The van der Waals surface area contributed by atoms with Crippen molar-refractivity contribution in [3.63, 3.8) is 0 Å². The van der Waals surface area contributed by atoms with E-state index in [-0.39, 0.29) is 23.4 Å². The zero-order chi connectivity index (χ0) is 19.3. The van der Waals surface area contributed by atoms with Crippen LogP contribution in [0.5, 0.6) is 11.5 Å². The summed E-state index contributed by atoms with van der Waals surface area (Å²) in [5.41, 5.74) is 8.92. The van der Waals surface area contributed by atoms with Gasteiger partial charge < -0.3 is 20.1 Å². The van der Waals surface area contributed by atoms with Crippen LogP contribution in [0.2, 0.25) is 0 Å². The van der Waals surface area contributed by atoms with Gasteiger partial charge >= 0.3 is 0 Å². The first-order valence-electron chi connectivity index (χ1n) is 11.1. The quantitative estimate of drug-likeness (QED) is 0.802. The van der Waals surface area contributed by atoms with Gasteiger partial charge in [0.15, 0.2) is 11.5 Å². The van der Waals surface area contributed by atoms with E-state index in [9.17, 15) is 4.79 Å². The Morgan fingerprint density at radius 2 is 1.82 bits per heavy atom. The number of rotatable bonds is 1. The van der Waals surface area contributed by atoms with Crippen molar-refractivity contribution in [1.82, 2.24) is 4.90 Å². The Morgan fingerprint density at radius 3 is 2.54 bits per heavy atom. The van der Waals surface area contributed by atoms with Crippen LogP contribution in [-0.2, 0) is 10.2 Å². The number of benzene rings is 1. The molecule has 2 aliphatic carbocycles. The second-order valence-electron chi connectivity index (χ2n) is 9.34. The summed E-state index contributed by atoms with van der Waals surface area (Å²) in [6, 6.07) is 4.63. The second-order valence-corrected chi connectivity index (χ2v) is 9.34. The predicted octanol–water partition coefficient (Wildman–Crippen LogP) is 3.69. The molecule has 2 saturated carbocycles. The predicted molar refractivity (Wildman–Crippen MR) is 108 cm³/mol. The maximum absolute atomic E-state index is 13.6. The third-order valence-corrected chi connectivity index (χ3v) is 7.58. The number of nitrogens with zero attached hydrogens (tertiary/aromatic N) is 1. The molecule has 1 spiro atoms. The molecule has 5 rings (SSSR count). The Hall–Kier alpha value is -1.75. The minimum absolute atomic E-state index is 0.0719. The molecule has 0 radical (unpaired) electrons. The lowest BCUT2D eigenvalue weighted by atomic mass is 9.71. The summed E-state index contributed by atoms with van der Waals surface area (Å²) in [5, 5.41) is 0. The fourth-order valence-electron chi connectivity index (χ4n) is 6.06. The number of hydrogen-bond acceptors (Lipinski definition) is 4. The van der Waals surface area contributed by atoms with Gasteiger partial charge in [0.25, 0.3) is 0 Å². The monoisotopic (exact) mass is 384 g/mol. The Bertz CT molecular complexity index is 771. The molecule has 1 amide bonds. The van der Waals surface area contributed by atoms with Gasteiger partial charge in [-0.05, 0) is 62.3 Å². The van der Waals surface area contributed by atoms with Crippen LogP contribution in [0.25, 0.3) is 0 Å². The first-order valence-corrected chi connectivity index (χ1v) is 11.1. The SMILES string of the molecule is CC1c2cc3c(cc2C2(CCCC2)CN1C(=O)C1CCCC(N)C1)OCCO3. The van der Waals surface area contributed by atoms with Crippen molar-refractivity contribution >= 4 is 5.91 Å². The summed E-state index contributed by atoms with van der Waals surface area (Å²) in [4.78, 5) is 15.7. The first kappa shape index (κ1) is 18.3. The fraction of sp³-hybridized carbons (Fsp3) is 0.696. The molecule has 5 heteroatoms. The summed E-state index contributed by atoms with van der Waals surface area (Å²) in [6.07, 6.45) is 8.72. The molecule has 1 aromatic rings. The Kier molecular flexibility index (Phi) is 4.53. The average molecular weight is 385 g/mol. The maximum atomic E-state index is 13.6. The van der Waals surface area contributed by atoms with Crippen LogP contribution in [0.1, 0.15) is 75.5 Å². The van der Waals surface area contributed by atoms with E-state index in [0.29, 0.717) is 19.1 Å². The summed E-state index contributed by atoms with van der Waals surface area (Å²) < 4.78 is 11.8. The zero-order valence-corrected chi connectivity index (χ0v) is 16.9. The van der Waals surface area contributed by atoms with Crippen molar-refractivity contribution in [3.05, 3.63) is 23.3 Å². The number of hydrogen-bond donors (Lipinski definition) is 1. The van der Waals surface area contributed by atoms with E-state index in [4.69, 9.17) is 15.2 Å². The van der Waals surface area contributed by atoms with Crippen LogP contribution in [-0.4, -0.2) is 36.6 Å². The number of carbonyl (C=O) groups excluding carboxylic acids is 1. The number of carbonyl (C=O) groups is 1. The van der Waals surface area contributed by atoms with Gasteiger partial charge in [0.1, 0.15) is 13.2 Å². The maximum Gasteiger partial charge on any atom is 0.226 e. The largest absolute Gasteiger partial charge is 0.486 e. The summed E-state index contributed by atoms with van der Waals surface area (Å²) in [7, 11) is 0. The minimum atomic E-state index is 0.0719. The van der Waals surface area contributed by atoms with E-state index in [1.165, 1.54) is 24.0 Å². The molecule has 3 unspecified atom stereocenters. The molecule has 152 valence electrons. The molecule has 2 heterocycles. The van der Waals surface area contributed by atoms with Crippen LogP contribution in [0.15, 0.2) is 12.1 Å². The van der Waals surface area contributed by atoms with Gasteiger partial charge in [-0.25, -0.2) is 0 Å². The molecule has 1 aromatic carbocycles. The molecular weight excluding hydrogens is 352 g/mol. The molecule has 28 heavy (non-hydrogen) atoms. The number of fused-ring (bicyclic) bond motifs is 3. The van der Waals surface area contributed by atoms with E-state index >= 15 is 0 Å². The van der Waals surface area contributed by atoms with E-state index in [1.54, 1.807) is 0 Å². The topological polar surface area (TPSA) is 64.8 Å². The summed E-state index contributed by atoms with van der Waals surface area (Å²) in [5.74, 6) is 2.11. The van der Waals surface area contributed by atoms with Crippen molar-refractivity contribution in [2.24, 2.45) is 11.7 Å². The van der Waals surface area contributed by atoms with Crippen molar-refractivity contribution < 1.29 is 14.3 Å². The number of nitrogens with two attached hydrogens (primary N) is 1. The van der Waals surface area contributed by atoms with Crippen molar-refractivity contribution in [2.75, 3.05) is 19.8 Å². The number of ether oxygens (including phenoxy) is 2. The van der Waals surface area contributed by atoms with Crippen LogP contribution < -0.4 is 15.2 Å². The molecule has 2 aliphatic heterocycles. The second kappa shape index (κ2) is 6.94. The van der Waals surface area contributed by atoms with Crippen LogP contribution in [0, 0.1) is 5.92 Å². The van der Waals surface area contributed by atoms with Crippen molar-refractivity contribution in [3.8, 4) is 11.5 Å². The van der Waals surface area contributed by atoms with Crippen LogP contribution in [0.4, 0.5) is 0 Å². The Morgan fingerprint density at radius 1 is 1.11 bits per heavy atom. The summed E-state index contributed by atoms with van der Waals surface area (Å²) in [6.45, 7) is 4.22. The van der Waals surface area contributed by atoms with E-state index in [0.717, 1.165) is 56.6 Å². The van der Waals surface area contributed by atoms with Gasteiger partial charge in [0.2, 0.25) is 5.91 Å². The smallest absolute Gasteiger partial charge is 0.226 e. The molecule has 3 atom stereocenters. The van der Waals surface area contributed by atoms with E-state index in [1.807, 2.05) is 0 Å². The molecular formula is C23H32N2O3. The standard InChI is InChI=1S/C23H32N2O3/c1-15-18-12-20-21(28-10-9-27-20)13-19(18)23(7-2-3-8-23)14-25(15)22(26)16-5-4-6-17(24)11-16/h12-13,15-17H,2-11,14,24H2,1H3. The lowest BCUT2D eigenvalue weighted by molar-refractivity contribution is -0.140. The molecule has 2 N–H and O–H groups in total. The normalized spacial score (nSPS) is 30.9. The van der Waals surface area contributed by atoms with Gasteiger partial charge in [0, 0.05) is 23.9 Å². The minimum Gasteiger partial charge on any atom is -0.486 e. The highest BCUT2D eigenvalue weighted by atomic mass is 16.6. The molecule has 4 aliphatic rings. The Labute approximate surface area is 167 Å². The van der Waals surface area contributed by atoms with Crippen LogP contribution in [0.3, 0.4) is 0 Å². The van der Waals surface area contributed by atoms with Gasteiger partial charge in [-0.15, -0.1) is 0 Å². The lowest BCUT2D eigenvalue weighted by Gasteiger charge is -2.47. The molecule has 2 fully saturated rings. The zero-order valence-electron chi connectivity index (χ0n) is 16.9. The lowest BCUT2D eigenvalue weighted by Crippen LogP contribution is -2.51. The third kappa shape index (κ3) is 2.90. The van der Waals surface area contributed by atoms with Gasteiger partial charge in [-0.3, -0.25) is 4.79 Å². The Balaban J connectivity index is 1.53. The van der Waals surface area contributed by atoms with Gasteiger partial charge in [0.05, 0.1) is 6.04 Å². The first-order chi connectivity index (χ1) is 13.6. The molecule has 5 nitrogen and oxygen atoms in total. The van der Waals surface area contributed by atoms with Crippen molar-refractivity contribution in [1.29, 1.82) is 0 Å². The number of amides is 1. The van der Waals surface area contributed by atoms with Gasteiger partial charge in [-0.2, -0.15) is 0 Å².